The Labute approximate surface area is 306 Å². The fourth-order valence-corrected chi connectivity index (χ4v) is 5.38. The Kier molecular flexibility index (Phi) is 31.6. The normalized spacial score (nSPS) is 13.5. The van der Waals surface area contributed by atoms with Crippen molar-refractivity contribution in [2.75, 3.05) is 41.0 Å². The first kappa shape index (κ1) is 47.3. The molecule has 0 saturated heterocycles. The summed E-state index contributed by atoms with van der Waals surface area (Å²) in [5, 5.41) is 9.57. The highest BCUT2D eigenvalue weighted by Crippen LogP contribution is 2.13. The van der Waals surface area contributed by atoms with E-state index in [-0.39, 0.29) is 42.7 Å². The molecule has 8 heteroatoms. The van der Waals surface area contributed by atoms with Crippen LogP contribution in [0.1, 0.15) is 149 Å². The monoisotopic (exact) mass is 705 g/mol. The van der Waals surface area contributed by atoms with Gasteiger partial charge in [0.25, 0.3) is 0 Å². The van der Waals surface area contributed by atoms with Crippen molar-refractivity contribution in [3.8, 4) is 0 Å². The van der Waals surface area contributed by atoms with Crippen LogP contribution in [0.4, 0.5) is 0 Å². The van der Waals surface area contributed by atoms with Crippen LogP contribution >= 0.6 is 0 Å². The molecule has 0 aliphatic heterocycles. The van der Waals surface area contributed by atoms with Gasteiger partial charge in [0, 0.05) is 19.3 Å². The van der Waals surface area contributed by atoms with Crippen LogP contribution in [0.25, 0.3) is 0 Å². The van der Waals surface area contributed by atoms with Gasteiger partial charge in [-0.05, 0) is 51.4 Å². The summed E-state index contributed by atoms with van der Waals surface area (Å²) in [6.07, 6.45) is 37.3. The lowest BCUT2D eigenvalue weighted by atomic mass is 10.1. The molecule has 2 atom stereocenters. The molecule has 1 N–H and O–H groups in total. The first-order valence-corrected chi connectivity index (χ1v) is 19.7. The van der Waals surface area contributed by atoms with Gasteiger partial charge < -0.3 is 23.8 Å². The lowest BCUT2D eigenvalue weighted by Gasteiger charge is -2.31. The third-order valence-electron chi connectivity index (χ3n) is 8.48. The molecule has 50 heavy (non-hydrogen) atoms. The molecule has 0 amide bonds. The molecule has 0 aliphatic carbocycles. The summed E-state index contributed by atoms with van der Waals surface area (Å²) in [6, 6.07) is -0.620. The zero-order chi connectivity index (χ0) is 37.1. The number of hydrogen-bond acceptors (Lipinski definition) is 6. The molecule has 0 heterocycles. The highest BCUT2D eigenvalue weighted by Gasteiger charge is 2.31. The highest BCUT2D eigenvalue weighted by molar-refractivity contribution is 5.72. The summed E-state index contributed by atoms with van der Waals surface area (Å²) < 4.78 is 17.1. The Morgan fingerprint density at radius 2 is 1.08 bits per heavy atom. The minimum atomic E-state index is -0.884. The second-order valence-corrected chi connectivity index (χ2v) is 14.2. The van der Waals surface area contributed by atoms with E-state index in [0.29, 0.717) is 19.3 Å². The van der Waals surface area contributed by atoms with Crippen LogP contribution < -0.4 is 0 Å². The van der Waals surface area contributed by atoms with Gasteiger partial charge in [-0.15, -0.1) is 0 Å². The second kappa shape index (κ2) is 33.4. The zero-order valence-electron chi connectivity index (χ0n) is 32.6. The summed E-state index contributed by atoms with van der Waals surface area (Å²) in [6.45, 7) is 4.61. The lowest BCUT2D eigenvalue weighted by molar-refractivity contribution is -0.887. The second-order valence-electron chi connectivity index (χ2n) is 14.2. The molecule has 0 aromatic rings. The van der Waals surface area contributed by atoms with Gasteiger partial charge in [0.1, 0.15) is 6.61 Å². The van der Waals surface area contributed by atoms with Gasteiger partial charge in [0.15, 0.2) is 12.1 Å². The fraction of sp³-hybridized carbons (Fsp3) is 0.738. The Bertz CT molecular complexity index is 964. The predicted octanol–water partition coefficient (Wildman–Crippen LogP) is 10.1. The van der Waals surface area contributed by atoms with Gasteiger partial charge in [-0.1, -0.05) is 127 Å². The minimum Gasteiger partial charge on any atom is -0.477 e. The van der Waals surface area contributed by atoms with E-state index in [0.717, 1.165) is 44.9 Å². The summed E-state index contributed by atoms with van der Waals surface area (Å²) >= 11 is 0. The molecule has 0 aliphatic rings. The maximum Gasteiger partial charge on any atom is 0.362 e. The summed E-state index contributed by atoms with van der Waals surface area (Å²) in [5.74, 6) is -1.55. The van der Waals surface area contributed by atoms with E-state index in [2.05, 4.69) is 62.5 Å². The van der Waals surface area contributed by atoms with Crippen molar-refractivity contribution < 1.29 is 38.2 Å². The van der Waals surface area contributed by atoms with E-state index in [1.54, 1.807) is 0 Å². The molecule has 0 saturated carbocycles. The topological polar surface area (TPSA) is 99.1 Å². The van der Waals surface area contributed by atoms with Crippen molar-refractivity contribution in [1.29, 1.82) is 0 Å². The number of hydrogen-bond donors (Lipinski definition) is 1. The van der Waals surface area contributed by atoms with Crippen LogP contribution in [0.2, 0.25) is 0 Å². The minimum absolute atomic E-state index is 0.0441. The predicted molar refractivity (Wildman–Crippen MR) is 206 cm³/mol. The molecule has 0 bridgehead atoms. The number of esters is 2. The van der Waals surface area contributed by atoms with Gasteiger partial charge >= 0.3 is 17.9 Å². The van der Waals surface area contributed by atoms with Gasteiger partial charge in [0.05, 0.1) is 34.4 Å². The molecule has 0 aromatic carbocycles. The Morgan fingerprint density at radius 1 is 0.600 bits per heavy atom. The van der Waals surface area contributed by atoms with Crippen molar-refractivity contribution in [2.45, 2.75) is 161 Å². The van der Waals surface area contributed by atoms with Crippen molar-refractivity contribution in [3.05, 3.63) is 48.6 Å². The highest BCUT2D eigenvalue weighted by atomic mass is 16.6. The summed E-state index contributed by atoms with van der Waals surface area (Å²) in [5.41, 5.74) is 0. The van der Waals surface area contributed by atoms with Crippen LogP contribution in [0, 0.1) is 0 Å². The maximum atomic E-state index is 12.6. The van der Waals surface area contributed by atoms with Gasteiger partial charge in [-0.25, -0.2) is 4.79 Å². The molecule has 0 rings (SSSR count). The first-order chi connectivity index (χ1) is 24.1. The smallest absolute Gasteiger partial charge is 0.362 e. The third kappa shape index (κ3) is 31.3. The molecule has 0 radical (unpaired) electrons. The van der Waals surface area contributed by atoms with Crippen LogP contribution in [-0.2, 0) is 28.6 Å². The standard InChI is InChI=1S/C42H73NO7/c1-6-8-10-12-14-16-17-18-19-20-21-22-23-25-26-28-30-32-40(44)49-37-38(36-48-35-34-39(42(46)47)43(3,4)5)50-41(45)33-31-29-27-24-15-13-11-9-7-2/h14,16,18-19,21-22,25-26,38-39H,6-13,15,17,20,23-24,27-37H2,1-5H3/p+1/b16-14+,19-18+,22-21+,26-25+. The Morgan fingerprint density at radius 3 is 1.62 bits per heavy atom. The van der Waals surface area contributed by atoms with E-state index in [4.69, 9.17) is 14.2 Å². The summed E-state index contributed by atoms with van der Waals surface area (Å²) in [4.78, 5) is 36.7. The maximum absolute atomic E-state index is 12.6. The SMILES string of the molecule is CCCCC/C=C/C/C=C/C/C=C/C/C=C/CCCC(=O)OCC(COCCC(C(=O)O)[N+](C)(C)C)OC(=O)CCCCCCCCCCC. The number of quaternary nitrogens is 1. The van der Waals surface area contributed by atoms with Gasteiger partial charge in [-0.3, -0.25) is 9.59 Å². The van der Waals surface area contributed by atoms with Gasteiger partial charge in [-0.2, -0.15) is 0 Å². The molecule has 0 fully saturated rings. The lowest BCUT2D eigenvalue weighted by Crippen LogP contribution is -2.50. The molecular weight excluding hydrogens is 630 g/mol. The van der Waals surface area contributed by atoms with Crippen molar-refractivity contribution in [3.63, 3.8) is 0 Å². The van der Waals surface area contributed by atoms with Crippen molar-refractivity contribution in [2.24, 2.45) is 0 Å². The van der Waals surface area contributed by atoms with Crippen molar-refractivity contribution in [1.82, 2.24) is 0 Å². The number of nitrogens with zero attached hydrogens (tertiary/aromatic N) is 1. The quantitative estimate of drug-likeness (QED) is 0.0308. The first-order valence-electron chi connectivity index (χ1n) is 19.7. The molecule has 2 unspecified atom stereocenters. The number of likely N-dealkylation sites (N-methyl/N-ethyl adjacent to an activating group) is 1. The van der Waals surface area contributed by atoms with E-state index in [1.165, 1.54) is 64.2 Å². The van der Waals surface area contributed by atoms with E-state index in [1.807, 2.05) is 21.1 Å². The van der Waals surface area contributed by atoms with Crippen LogP contribution in [0.15, 0.2) is 48.6 Å². The Hall–Kier alpha value is -2.71. The Balaban J connectivity index is 4.47. The molecule has 288 valence electrons. The van der Waals surface area contributed by atoms with Crippen LogP contribution in [0.5, 0.6) is 0 Å². The largest absolute Gasteiger partial charge is 0.477 e. The molecule has 0 aromatic heterocycles. The number of ether oxygens (including phenoxy) is 3. The number of rotatable bonds is 34. The molecule has 0 spiro atoms. The fourth-order valence-electron chi connectivity index (χ4n) is 5.38. The third-order valence-corrected chi connectivity index (χ3v) is 8.48. The van der Waals surface area contributed by atoms with E-state index >= 15 is 0 Å². The van der Waals surface area contributed by atoms with Crippen LogP contribution in [0.3, 0.4) is 0 Å². The summed E-state index contributed by atoms with van der Waals surface area (Å²) in [7, 11) is 5.49. The number of carbonyl (C=O) groups excluding carboxylic acids is 2. The molecular formula is C42H74NO7+. The number of carboxylic acid groups (broad SMARTS) is 1. The number of aliphatic carboxylic acids is 1. The number of carbonyl (C=O) groups is 3. The molecule has 8 nitrogen and oxygen atoms in total. The van der Waals surface area contributed by atoms with Crippen molar-refractivity contribution >= 4 is 17.9 Å². The number of carboxylic acids is 1. The van der Waals surface area contributed by atoms with Gasteiger partial charge in [0.2, 0.25) is 0 Å². The zero-order valence-corrected chi connectivity index (χ0v) is 32.6. The van der Waals surface area contributed by atoms with E-state index in [9.17, 15) is 19.5 Å². The average Bonchev–Trinajstić information content (AvgIpc) is 3.06. The van der Waals surface area contributed by atoms with E-state index < -0.39 is 18.1 Å². The average molecular weight is 705 g/mol. The number of allylic oxidation sites excluding steroid dienone is 8. The number of unbranched alkanes of at least 4 members (excludes halogenated alkanes) is 12. The van der Waals surface area contributed by atoms with Crippen LogP contribution in [-0.4, -0.2) is 80.6 Å².